The summed E-state index contributed by atoms with van der Waals surface area (Å²) < 4.78 is 0. The lowest BCUT2D eigenvalue weighted by atomic mass is 10.0. The minimum Gasteiger partial charge on any atom is -0.341 e. The average Bonchev–Trinajstić information content (AvgIpc) is 2.53. The normalized spacial score (nSPS) is 23.6. The maximum absolute atomic E-state index is 12.2. The predicted molar refractivity (Wildman–Crippen MR) is 78.5 cm³/mol. The first-order chi connectivity index (χ1) is 9.72. The molecule has 114 valence electrons. The maximum atomic E-state index is 12.2. The standard InChI is InChI=1S/C15H27N3O2/c1-2-13-8-4-7-11-18(13)15(20)16-12-14(19)17-9-5-3-6-10-17/h13H,2-12H2,1H3,(H,16,20). The summed E-state index contributed by atoms with van der Waals surface area (Å²) in [4.78, 5) is 28.0. The highest BCUT2D eigenvalue weighted by Gasteiger charge is 2.26. The molecule has 2 rings (SSSR count). The molecule has 0 aromatic heterocycles. The van der Waals surface area contributed by atoms with Gasteiger partial charge in [-0.25, -0.2) is 4.79 Å². The van der Waals surface area contributed by atoms with Crippen LogP contribution >= 0.6 is 0 Å². The number of hydrogen-bond acceptors (Lipinski definition) is 2. The molecule has 0 saturated carbocycles. The van der Waals surface area contributed by atoms with Crippen LogP contribution in [0.2, 0.25) is 0 Å². The van der Waals surface area contributed by atoms with Gasteiger partial charge in [0.2, 0.25) is 5.91 Å². The second kappa shape index (κ2) is 7.50. The number of carbonyl (C=O) groups is 2. The zero-order valence-corrected chi connectivity index (χ0v) is 12.6. The van der Waals surface area contributed by atoms with Crippen molar-refractivity contribution in [1.82, 2.24) is 15.1 Å². The van der Waals surface area contributed by atoms with Gasteiger partial charge in [0.15, 0.2) is 0 Å². The third kappa shape index (κ3) is 3.87. The van der Waals surface area contributed by atoms with E-state index in [0.717, 1.165) is 51.7 Å². The predicted octanol–water partition coefficient (Wildman–Crippen LogP) is 1.97. The Labute approximate surface area is 121 Å². The monoisotopic (exact) mass is 281 g/mol. The average molecular weight is 281 g/mol. The van der Waals surface area contributed by atoms with Gasteiger partial charge in [0.1, 0.15) is 0 Å². The molecule has 2 fully saturated rings. The Morgan fingerprint density at radius 1 is 1.05 bits per heavy atom. The number of nitrogens with one attached hydrogen (secondary N) is 1. The molecule has 1 atom stereocenters. The van der Waals surface area contributed by atoms with Crippen LogP contribution in [0.5, 0.6) is 0 Å². The van der Waals surface area contributed by atoms with E-state index in [-0.39, 0.29) is 18.5 Å². The first kappa shape index (κ1) is 15.1. The second-order valence-electron chi connectivity index (χ2n) is 5.85. The molecular weight excluding hydrogens is 254 g/mol. The fourth-order valence-electron chi connectivity index (χ4n) is 3.20. The smallest absolute Gasteiger partial charge is 0.318 e. The van der Waals surface area contributed by atoms with E-state index in [2.05, 4.69) is 12.2 Å². The van der Waals surface area contributed by atoms with Crippen LogP contribution in [0.25, 0.3) is 0 Å². The molecule has 0 bridgehead atoms. The lowest BCUT2D eigenvalue weighted by Crippen LogP contribution is -2.51. The van der Waals surface area contributed by atoms with Gasteiger partial charge in [0, 0.05) is 25.7 Å². The summed E-state index contributed by atoms with van der Waals surface area (Å²) in [6.07, 6.45) is 7.74. The Morgan fingerprint density at radius 2 is 1.75 bits per heavy atom. The molecule has 5 nitrogen and oxygen atoms in total. The quantitative estimate of drug-likeness (QED) is 0.860. The molecule has 0 spiro atoms. The Kier molecular flexibility index (Phi) is 5.68. The summed E-state index contributed by atoms with van der Waals surface area (Å²) in [5, 5.41) is 2.81. The number of urea groups is 1. The van der Waals surface area contributed by atoms with Crippen LogP contribution in [-0.4, -0.2) is 54.0 Å². The number of amides is 3. The first-order valence-corrected chi connectivity index (χ1v) is 8.04. The summed E-state index contributed by atoms with van der Waals surface area (Å²) >= 11 is 0. The van der Waals surface area contributed by atoms with E-state index in [9.17, 15) is 9.59 Å². The molecule has 2 aliphatic rings. The molecule has 0 aromatic carbocycles. The first-order valence-electron chi connectivity index (χ1n) is 8.04. The van der Waals surface area contributed by atoms with E-state index in [1.54, 1.807) is 0 Å². The number of carbonyl (C=O) groups excluding carboxylic acids is 2. The van der Waals surface area contributed by atoms with E-state index >= 15 is 0 Å². The van der Waals surface area contributed by atoms with E-state index in [1.807, 2.05) is 9.80 Å². The Hall–Kier alpha value is -1.26. The third-order valence-corrected chi connectivity index (χ3v) is 4.46. The molecule has 0 aliphatic carbocycles. The van der Waals surface area contributed by atoms with Gasteiger partial charge in [-0.2, -0.15) is 0 Å². The topological polar surface area (TPSA) is 52.7 Å². The molecule has 0 aromatic rings. The zero-order chi connectivity index (χ0) is 14.4. The van der Waals surface area contributed by atoms with Gasteiger partial charge in [0.25, 0.3) is 0 Å². The molecule has 5 heteroatoms. The van der Waals surface area contributed by atoms with Gasteiger partial charge in [0.05, 0.1) is 6.54 Å². The van der Waals surface area contributed by atoms with Crippen molar-refractivity contribution in [3.63, 3.8) is 0 Å². The molecular formula is C15H27N3O2. The molecule has 0 radical (unpaired) electrons. The van der Waals surface area contributed by atoms with Crippen molar-refractivity contribution in [3.05, 3.63) is 0 Å². The van der Waals surface area contributed by atoms with Crippen LogP contribution in [0.3, 0.4) is 0 Å². The molecule has 2 heterocycles. The third-order valence-electron chi connectivity index (χ3n) is 4.46. The summed E-state index contributed by atoms with van der Waals surface area (Å²) in [5.41, 5.74) is 0. The maximum Gasteiger partial charge on any atom is 0.318 e. The number of piperidine rings is 2. The van der Waals surface area contributed by atoms with Crippen LogP contribution in [-0.2, 0) is 4.79 Å². The molecule has 2 saturated heterocycles. The number of likely N-dealkylation sites (tertiary alicyclic amines) is 2. The summed E-state index contributed by atoms with van der Waals surface area (Å²) in [6.45, 7) is 4.77. The minimum atomic E-state index is -0.0677. The van der Waals surface area contributed by atoms with Crippen LogP contribution in [0.1, 0.15) is 51.9 Å². The van der Waals surface area contributed by atoms with Gasteiger partial charge in [-0.3, -0.25) is 4.79 Å². The summed E-state index contributed by atoms with van der Waals surface area (Å²) in [5.74, 6) is 0.0584. The van der Waals surface area contributed by atoms with Gasteiger partial charge < -0.3 is 15.1 Å². The molecule has 20 heavy (non-hydrogen) atoms. The Balaban J connectivity index is 1.77. The molecule has 1 unspecified atom stereocenters. The second-order valence-corrected chi connectivity index (χ2v) is 5.85. The van der Waals surface area contributed by atoms with E-state index in [4.69, 9.17) is 0 Å². The molecule has 2 aliphatic heterocycles. The van der Waals surface area contributed by atoms with E-state index in [0.29, 0.717) is 6.04 Å². The van der Waals surface area contributed by atoms with Crippen molar-refractivity contribution in [3.8, 4) is 0 Å². The van der Waals surface area contributed by atoms with Crippen LogP contribution in [0.4, 0.5) is 4.79 Å². The zero-order valence-electron chi connectivity index (χ0n) is 12.6. The molecule has 3 amide bonds. The van der Waals surface area contributed by atoms with Crippen molar-refractivity contribution in [2.75, 3.05) is 26.2 Å². The highest BCUT2D eigenvalue weighted by Crippen LogP contribution is 2.19. The summed E-state index contributed by atoms with van der Waals surface area (Å²) in [6, 6.07) is 0.274. The fraction of sp³-hybridized carbons (Fsp3) is 0.867. The minimum absolute atomic E-state index is 0.0584. The van der Waals surface area contributed by atoms with Crippen molar-refractivity contribution in [2.45, 2.75) is 57.9 Å². The largest absolute Gasteiger partial charge is 0.341 e. The number of nitrogens with zero attached hydrogens (tertiary/aromatic N) is 2. The Morgan fingerprint density at radius 3 is 2.45 bits per heavy atom. The van der Waals surface area contributed by atoms with Gasteiger partial charge in [-0.15, -0.1) is 0 Å². The highest BCUT2D eigenvalue weighted by molar-refractivity contribution is 5.84. The lowest BCUT2D eigenvalue weighted by Gasteiger charge is -2.35. The van der Waals surface area contributed by atoms with Gasteiger partial charge >= 0.3 is 6.03 Å². The van der Waals surface area contributed by atoms with Crippen molar-refractivity contribution in [2.24, 2.45) is 0 Å². The lowest BCUT2D eigenvalue weighted by molar-refractivity contribution is -0.130. The van der Waals surface area contributed by atoms with E-state index in [1.165, 1.54) is 12.8 Å². The van der Waals surface area contributed by atoms with Crippen LogP contribution in [0.15, 0.2) is 0 Å². The van der Waals surface area contributed by atoms with Crippen molar-refractivity contribution in [1.29, 1.82) is 0 Å². The van der Waals surface area contributed by atoms with Crippen LogP contribution < -0.4 is 5.32 Å². The molecule has 1 N–H and O–H groups in total. The SMILES string of the molecule is CCC1CCCCN1C(=O)NCC(=O)N1CCCCC1. The van der Waals surface area contributed by atoms with Gasteiger partial charge in [-0.05, 0) is 44.9 Å². The van der Waals surface area contributed by atoms with Crippen LogP contribution in [0, 0.1) is 0 Å². The number of rotatable bonds is 3. The van der Waals surface area contributed by atoms with Gasteiger partial charge in [-0.1, -0.05) is 6.92 Å². The number of hydrogen-bond donors (Lipinski definition) is 1. The van der Waals surface area contributed by atoms with E-state index < -0.39 is 0 Å². The summed E-state index contributed by atoms with van der Waals surface area (Å²) in [7, 11) is 0. The Bertz CT molecular complexity index is 340. The van der Waals surface area contributed by atoms with Crippen molar-refractivity contribution < 1.29 is 9.59 Å². The highest BCUT2D eigenvalue weighted by atomic mass is 16.2. The van der Waals surface area contributed by atoms with Crippen molar-refractivity contribution >= 4 is 11.9 Å². The fourth-order valence-corrected chi connectivity index (χ4v) is 3.20.